The molecule has 7 nitrogen and oxygen atoms in total. The first-order valence-electron chi connectivity index (χ1n) is 13.2. The van der Waals surface area contributed by atoms with E-state index in [0.717, 1.165) is 67.9 Å². The molecule has 0 radical (unpaired) electrons. The second-order valence-corrected chi connectivity index (χ2v) is 9.73. The van der Waals surface area contributed by atoms with E-state index in [1.54, 1.807) is 6.20 Å². The van der Waals surface area contributed by atoms with Crippen molar-refractivity contribution in [3.63, 3.8) is 0 Å². The lowest BCUT2D eigenvalue weighted by molar-refractivity contribution is -0.137. The third kappa shape index (κ3) is 7.41. The minimum atomic E-state index is -4.39. The zero-order valence-electron chi connectivity index (χ0n) is 21.8. The summed E-state index contributed by atoms with van der Waals surface area (Å²) in [5.41, 5.74) is 2.33. The Balaban J connectivity index is 1.57. The van der Waals surface area contributed by atoms with E-state index in [2.05, 4.69) is 45.4 Å². The van der Waals surface area contributed by atoms with Crippen LogP contribution in [0, 0.1) is 0 Å². The Bertz CT molecular complexity index is 1160. The molecule has 0 aliphatic heterocycles. The summed E-state index contributed by atoms with van der Waals surface area (Å²) in [7, 11) is 0. The van der Waals surface area contributed by atoms with Gasteiger partial charge in [0.05, 0.1) is 22.9 Å². The summed E-state index contributed by atoms with van der Waals surface area (Å²) in [6.45, 7) is 7.16. The first kappa shape index (κ1) is 27.8. The fourth-order valence-electron chi connectivity index (χ4n) is 4.63. The Morgan fingerprint density at radius 3 is 2.32 bits per heavy atom. The Morgan fingerprint density at radius 2 is 1.71 bits per heavy atom. The molecular weight excluding hydrogens is 493 g/mol. The number of aliphatic hydroxyl groups is 1. The van der Waals surface area contributed by atoms with Gasteiger partial charge in [0.15, 0.2) is 0 Å². The van der Waals surface area contributed by atoms with Gasteiger partial charge in [-0.15, -0.1) is 0 Å². The van der Waals surface area contributed by atoms with E-state index in [1.165, 1.54) is 12.1 Å². The zero-order chi connectivity index (χ0) is 27.1. The minimum absolute atomic E-state index is 0.136. The third-order valence-corrected chi connectivity index (χ3v) is 6.79. The van der Waals surface area contributed by atoms with Crippen LogP contribution in [0.5, 0.6) is 0 Å². The molecule has 1 aliphatic carbocycles. The lowest BCUT2D eigenvalue weighted by atomic mass is 9.93. The van der Waals surface area contributed by atoms with Gasteiger partial charge < -0.3 is 15.7 Å². The fraction of sp³-hybridized carbons (Fsp3) is 0.464. The number of nitrogens with one attached hydrogen (secondary N) is 2. The lowest BCUT2D eigenvalue weighted by Gasteiger charge is -2.27. The highest BCUT2D eigenvalue weighted by atomic mass is 19.4. The number of rotatable bonds is 10. The average molecular weight is 529 g/mol. The third-order valence-electron chi connectivity index (χ3n) is 6.79. The van der Waals surface area contributed by atoms with Gasteiger partial charge in [-0.1, -0.05) is 19.9 Å². The van der Waals surface area contributed by atoms with E-state index < -0.39 is 11.7 Å². The molecule has 1 saturated carbocycles. The van der Waals surface area contributed by atoms with Crippen molar-refractivity contribution in [2.45, 2.75) is 70.8 Å². The topological polar surface area (TPSA) is 86.2 Å². The monoisotopic (exact) mass is 528 g/mol. The molecule has 4 rings (SSSR count). The van der Waals surface area contributed by atoms with Crippen molar-refractivity contribution in [1.82, 2.24) is 19.9 Å². The highest BCUT2D eigenvalue weighted by molar-refractivity contribution is 5.73. The quantitative estimate of drug-likeness (QED) is 0.287. The summed E-state index contributed by atoms with van der Waals surface area (Å²) in [6, 6.07) is 8.92. The average Bonchev–Trinajstić information content (AvgIpc) is 2.90. The van der Waals surface area contributed by atoms with E-state index in [-0.39, 0.29) is 18.1 Å². The maximum Gasteiger partial charge on any atom is 0.416 e. The Hall–Kier alpha value is -3.24. The highest BCUT2D eigenvalue weighted by Crippen LogP contribution is 2.32. The highest BCUT2D eigenvalue weighted by Gasteiger charge is 2.30. The van der Waals surface area contributed by atoms with Crippen LogP contribution in [0.15, 0.2) is 48.8 Å². The van der Waals surface area contributed by atoms with Crippen LogP contribution < -0.4 is 10.6 Å². The first-order valence-corrected chi connectivity index (χ1v) is 13.2. The number of hydrogen-bond donors (Lipinski definition) is 3. The van der Waals surface area contributed by atoms with Crippen molar-refractivity contribution in [3.8, 4) is 11.3 Å². The number of alkyl halides is 3. The molecule has 204 valence electrons. The molecule has 1 aliphatic rings. The number of hydrogen-bond acceptors (Lipinski definition) is 7. The van der Waals surface area contributed by atoms with E-state index >= 15 is 0 Å². The second-order valence-electron chi connectivity index (χ2n) is 9.73. The van der Waals surface area contributed by atoms with Crippen molar-refractivity contribution in [2.24, 2.45) is 0 Å². The molecule has 1 fully saturated rings. The Labute approximate surface area is 221 Å². The van der Waals surface area contributed by atoms with Crippen LogP contribution in [0.2, 0.25) is 0 Å². The molecule has 0 spiro atoms. The smallest absolute Gasteiger partial charge is 0.393 e. The van der Waals surface area contributed by atoms with Crippen LogP contribution in [0.1, 0.15) is 57.1 Å². The summed E-state index contributed by atoms with van der Waals surface area (Å²) in [5.74, 6) is 0.860. The van der Waals surface area contributed by atoms with Crippen molar-refractivity contribution in [2.75, 3.05) is 23.7 Å². The van der Waals surface area contributed by atoms with Crippen LogP contribution in [0.25, 0.3) is 11.3 Å². The maximum atomic E-state index is 12.9. The fourth-order valence-corrected chi connectivity index (χ4v) is 4.63. The summed E-state index contributed by atoms with van der Waals surface area (Å²) < 4.78 is 38.7. The molecule has 10 heteroatoms. The SMILES string of the molecule is CCCN(CC)Cc1ccc(-c2cnc(Nc3ccc(C(F)(F)F)cc3)nc2NC2CCC(O)CC2)nc1. The van der Waals surface area contributed by atoms with Gasteiger partial charge >= 0.3 is 6.18 Å². The van der Waals surface area contributed by atoms with Crippen molar-refractivity contribution < 1.29 is 18.3 Å². The normalized spacial score (nSPS) is 18.0. The number of nitrogens with zero attached hydrogens (tertiary/aromatic N) is 4. The number of anilines is 3. The molecule has 0 saturated heterocycles. The number of halogens is 3. The van der Waals surface area contributed by atoms with E-state index in [4.69, 9.17) is 4.98 Å². The van der Waals surface area contributed by atoms with Crippen LogP contribution in [-0.4, -0.2) is 50.2 Å². The summed E-state index contributed by atoms with van der Waals surface area (Å²) in [4.78, 5) is 16.2. The molecule has 1 aromatic carbocycles. The number of benzene rings is 1. The molecule has 2 aromatic heterocycles. The minimum Gasteiger partial charge on any atom is -0.393 e. The molecule has 0 bridgehead atoms. The molecule has 0 atom stereocenters. The molecule has 0 unspecified atom stereocenters. The van der Waals surface area contributed by atoms with Gasteiger partial charge in [-0.3, -0.25) is 9.88 Å². The molecule has 3 N–H and O–H groups in total. The molecular formula is C28H35F3N6O. The zero-order valence-corrected chi connectivity index (χ0v) is 21.8. The number of aromatic nitrogens is 3. The van der Waals surface area contributed by atoms with Crippen molar-refractivity contribution in [1.29, 1.82) is 0 Å². The van der Waals surface area contributed by atoms with Gasteiger partial charge in [0.2, 0.25) is 5.95 Å². The van der Waals surface area contributed by atoms with Gasteiger partial charge in [-0.2, -0.15) is 18.2 Å². The summed E-state index contributed by atoms with van der Waals surface area (Å²) >= 11 is 0. The van der Waals surface area contributed by atoms with Crippen molar-refractivity contribution in [3.05, 3.63) is 59.9 Å². The maximum absolute atomic E-state index is 12.9. The van der Waals surface area contributed by atoms with E-state index in [9.17, 15) is 18.3 Å². The number of aliphatic hydroxyl groups excluding tert-OH is 1. The largest absolute Gasteiger partial charge is 0.416 e. The molecule has 3 aromatic rings. The predicted molar refractivity (Wildman–Crippen MR) is 143 cm³/mol. The van der Waals surface area contributed by atoms with Gasteiger partial charge in [0.25, 0.3) is 0 Å². The van der Waals surface area contributed by atoms with E-state index in [1.807, 2.05) is 12.3 Å². The Kier molecular flexibility index (Phi) is 9.17. The summed E-state index contributed by atoms with van der Waals surface area (Å²) in [6.07, 6.45) is 3.02. The van der Waals surface area contributed by atoms with Gasteiger partial charge in [-0.05, 0) is 81.1 Å². The molecule has 2 heterocycles. The van der Waals surface area contributed by atoms with Crippen molar-refractivity contribution >= 4 is 17.5 Å². The van der Waals surface area contributed by atoms with Crippen LogP contribution >= 0.6 is 0 Å². The van der Waals surface area contributed by atoms with Crippen LogP contribution in [0.4, 0.5) is 30.6 Å². The summed E-state index contributed by atoms with van der Waals surface area (Å²) in [5, 5.41) is 16.4. The molecule has 0 amide bonds. The van der Waals surface area contributed by atoms with Gasteiger partial charge in [0.1, 0.15) is 5.82 Å². The van der Waals surface area contributed by atoms with E-state index in [0.29, 0.717) is 24.3 Å². The van der Waals surface area contributed by atoms with Crippen LogP contribution in [0.3, 0.4) is 0 Å². The molecule has 38 heavy (non-hydrogen) atoms. The van der Waals surface area contributed by atoms with Gasteiger partial charge in [-0.25, -0.2) is 4.98 Å². The predicted octanol–water partition coefficient (Wildman–Crippen LogP) is 6.25. The Morgan fingerprint density at radius 1 is 0.974 bits per heavy atom. The lowest BCUT2D eigenvalue weighted by Crippen LogP contribution is -2.29. The first-order chi connectivity index (χ1) is 18.2. The standard InChI is InChI=1S/C28H35F3N6O/c1-3-15-37(4-2)18-19-5-14-25(32-16-19)24-17-33-27(35-22-8-6-20(7-9-22)28(29,30)31)36-26(24)34-21-10-12-23(38)13-11-21/h5-9,14,16-17,21,23,38H,3-4,10-13,15,18H2,1-2H3,(H2,33,34,35,36). The number of pyridine rings is 1. The van der Waals surface area contributed by atoms with Gasteiger partial charge in [0, 0.05) is 30.7 Å². The second kappa shape index (κ2) is 12.5. The van der Waals surface area contributed by atoms with Crippen LogP contribution in [-0.2, 0) is 12.7 Å².